The Balaban J connectivity index is 2.51. The summed E-state index contributed by atoms with van der Waals surface area (Å²) in [5, 5.41) is 10.6. The number of aromatic amines is 1. The van der Waals surface area contributed by atoms with E-state index in [1.807, 2.05) is 6.07 Å². The molecule has 0 bridgehead atoms. The predicted octanol–water partition coefficient (Wildman–Crippen LogP) is 0.268. The molecule has 4 nitrogen and oxygen atoms in total. The second-order valence-electron chi connectivity index (χ2n) is 1.94. The van der Waals surface area contributed by atoms with E-state index in [1.54, 1.807) is 18.5 Å². The van der Waals surface area contributed by atoms with Crippen LogP contribution in [0.4, 0.5) is 0 Å². The monoisotopic (exact) mass is 149 g/mol. The summed E-state index contributed by atoms with van der Waals surface area (Å²) in [5.74, 6) is -0.229. The zero-order valence-corrected chi connectivity index (χ0v) is 5.79. The lowest BCUT2D eigenvalue weighted by Crippen LogP contribution is -2.22. The normalized spacial score (nSPS) is 8.64. The van der Waals surface area contributed by atoms with Gasteiger partial charge in [-0.25, -0.2) is 0 Å². The van der Waals surface area contributed by atoms with Crippen LogP contribution in [0.1, 0.15) is 10.4 Å². The second kappa shape index (κ2) is 3.42. The Hall–Kier alpha value is -1.76. The Morgan fingerprint density at radius 2 is 2.64 bits per heavy atom. The summed E-state index contributed by atoms with van der Waals surface area (Å²) in [7, 11) is 0. The second-order valence-corrected chi connectivity index (χ2v) is 1.94. The minimum Gasteiger partial charge on any atom is -0.367 e. The minimum absolute atomic E-state index is 0.0456. The van der Waals surface area contributed by atoms with Gasteiger partial charge in [0.1, 0.15) is 6.54 Å². The van der Waals surface area contributed by atoms with Crippen LogP contribution in [0.25, 0.3) is 0 Å². The molecule has 0 saturated carbocycles. The number of hydrogen-bond donors (Lipinski definition) is 2. The number of rotatable bonds is 2. The zero-order chi connectivity index (χ0) is 8.10. The molecule has 0 saturated heterocycles. The fraction of sp³-hybridized carbons (Fsp3) is 0.143. The summed E-state index contributed by atoms with van der Waals surface area (Å²) in [6.07, 6.45) is 3.23. The smallest absolute Gasteiger partial charge is 0.253 e. The molecule has 4 heteroatoms. The molecular weight excluding hydrogens is 142 g/mol. The van der Waals surface area contributed by atoms with Crippen LogP contribution >= 0.6 is 0 Å². The van der Waals surface area contributed by atoms with Gasteiger partial charge in [-0.1, -0.05) is 0 Å². The Kier molecular flexibility index (Phi) is 2.28. The molecule has 0 fully saturated rings. The van der Waals surface area contributed by atoms with Crippen LogP contribution in [0.3, 0.4) is 0 Å². The largest absolute Gasteiger partial charge is 0.367 e. The van der Waals surface area contributed by atoms with Gasteiger partial charge in [-0.05, 0) is 6.07 Å². The van der Waals surface area contributed by atoms with Crippen molar-refractivity contribution in [1.29, 1.82) is 5.26 Å². The van der Waals surface area contributed by atoms with Crippen molar-refractivity contribution in [1.82, 2.24) is 10.3 Å². The molecule has 1 heterocycles. The van der Waals surface area contributed by atoms with E-state index in [9.17, 15) is 4.79 Å². The van der Waals surface area contributed by atoms with E-state index < -0.39 is 0 Å². The van der Waals surface area contributed by atoms with Gasteiger partial charge in [-0.3, -0.25) is 4.79 Å². The van der Waals surface area contributed by atoms with Crippen molar-refractivity contribution in [2.24, 2.45) is 0 Å². The number of hydrogen-bond acceptors (Lipinski definition) is 2. The first-order valence-electron chi connectivity index (χ1n) is 3.12. The third-order valence-electron chi connectivity index (χ3n) is 1.19. The molecular formula is C7H7N3O. The average Bonchev–Trinajstić information content (AvgIpc) is 2.52. The van der Waals surface area contributed by atoms with E-state index in [-0.39, 0.29) is 12.5 Å². The number of nitriles is 1. The van der Waals surface area contributed by atoms with Gasteiger partial charge in [0.15, 0.2) is 0 Å². The third-order valence-corrected chi connectivity index (χ3v) is 1.19. The number of nitrogens with one attached hydrogen (secondary N) is 2. The Morgan fingerprint density at radius 3 is 3.18 bits per heavy atom. The lowest BCUT2D eigenvalue weighted by molar-refractivity contribution is 0.0958. The van der Waals surface area contributed by atoms with Crippen LogP contribution in [0.15, 0.2) is 18.5 Å². The predicted molar refractivity (Wildman–Crippen MR) is 38.7 cm³/mol. The van der Waals surface area contributed by atoms with Crippen LogP contribution in [0, 0.1) is 11.3 Å². The van der Waals surface area contributed by atoms with Crippen LogP contribution in [0.5, 0.6) is 0 Å². The highest BCUT2D eigenvalue weighted by Gasteiger charge is 2.02. The molecule has 0 aliphatic heterocycles. The van der Waals surface area contributed by atoms with Crippen LogP contribution < -0.4 is 5.32 Å². The molecule has 1 aromatic rings. The van der Waals surface area contributed by atoms with Crippen molar-refractivity contribution in [3.8, 4) is 6.07 Å². The maximum absolute atomic E-state index is 11.0. The van der Waals surface area contributed by atoms with Gasteiger partial charge in [0.25, 0.3) is 5.91 Å². The van der Waals surface area contributed by atoms with Gasteiger partial charge in [-0.15, -0.1) is 0 Å². The van der Waals surface area contributed by atoms with Crippen LogP contribution in [-0.2, 0) is 0 Å². The molecule has 0 atom stereocenters. The average molecular weight is 149 g/mol. The number of carbonyl (C=O) groups excluding carboxylic acids is 1. The van der Waals surface area contributed by atoms with E-state index >= 15 is 0 Å². The highest BCUT2D eigenvalue weighted by atomic mass is 16.1. The Bertz CT molecular complexity index is 270. The van der Waals surface area contributed by atoms with Gasteiger partial charge in [0.05, 0.1) is 11.6 Å². The SMILES string of the molecule is N#CCNC(=O)c1cc[nH]c1. The number of amides is 1. The first-order chi connectivity index (χ1) is 5.34. The standard InChI is InChI=1S/C7H7N3O/c8-2-4-10-7(11)6-1-3-9-5-6/h1,3,5,9H,4H2,(H,10,11). The molecule has 2 N–H and O–H groups in total. The summed E-state index contributed by atoms with van der Waals surface area (Å²) in [4.78, 5) is 13.7. The molecule has 1 rings (SSSR count). The highest BCUT2D eigenvalue weighted by Crippen LogP contribution is 1.94. The Labute approximate surface area is 63.8 Å². The summed E-state index contributed by atoms with van der Waals surface area (Å²) in [6, 6.07) is 3.46. The number of H-pyrrole nitrogens is 1. The molecule has 0 unspecified atom stereocenters. The molecule has 56 valence electrons. The van der Waals surface area contributed by atoms with Crippen molar-refractivity contribution < 1.29 is 4.79 Å². The quantitative estimate of drug-likeness (QED) is 0.592. The first kappa shape index (κ1) is 7.35. The summed E-state index contributed by atoms with van der Waals surface area (Å²) >= 11 is 0. The topological polar surface area (TPSA) is 68.7 Å². The Morgan fingerprint density at radius 1 is 1.82 bits per heavy atom. The van der Waals surface area contributed by atoms with E-state index in [1.165, 1.54) is 0 Å². The van der Waals surface area contributed by atoms with Gasteiger partial charge >= 0.3 is 0 Å². The molecule has 0 spiro atoms. The third kappa shape index (κ3) is 1.83. The maximum Gasteiger partial charge on any atom is 0.253 e. The number of nitrogens with zero attached hydrogens (tertiary/aromatic N) is 1. The fourth-order valence-electron chi connectivity index (χ4n) is 0.687. The number of aromatic nitrogens is 1. The molecule has 0 aliphatic carbocycles. The van der Waals surface area contributed by atoms with Crippen molar-refractivity contribution in [2.45, 2.75) is 0 Å². The summed E-state index contributed by atoms with van der Waals surface area (Å²) in [6.45, 7) is 0.0456. The minimum atomic E-state index is -0.229. The van der Waals surface area contributed by atoms with Crippen molar-refractivity contribution >= 4 is 5.91 Å². The van der Waals surface area contributed by atoms with Gasteiger partial charge < -0.3 is 10.3 Å². The van der Waals surface area contributed by atoms with E-state index in [0.717, 1.165) is 0 Å². The van der Waals surface area contributed by atoms with Crippen molar-refractivity contribution in [3.63, 3.8) is 0 Å². The molecule has 1 amide bonds. The maximum atomic E-state index is 11.0. The first-order valence-corrected chi connectivity index (χ1v) is 3.12. The van der Waals surface area contributed by atoms with E-state index in [4.69, 9.17) is 5.26 Å². The van der Waals surface area contributed by atoms with Crippen molar-refractivity contribution in [2.75, 3.05) is 6.54 Å². The zero-order valence-electron chi connectivity index (χ0n) is 5.79. The van der Waals surface area contributed by atoms with Crippen LogP contribution in [-0.4, -0.2) is 17.4 Å². The van der Waals surface area contributed by atoms with E-state index in [0.29, 0.717) is 5.56 Å². The molecule has 1 aromatic heterocycles. The molecule has 11 heavy (non-hydrogen) atoms. The van der Waals surface area contributed by atoms with Gasteiger partial charge in [0.2, 0.25) is 0 Å². The van der Waals surface area contributed by atoms with Gasteiger partial charge in [-0.2, -0.15) is 5.26 Å². The van der Waals surface area contributed by atoms with Gasteiger partial charge in [0, 0.05) is 12.4 Å². The molecule has 0 aliphatic rings. The molecule has 0 radical (unpaired) electrons. The van der Waals surface area contributed by atoms with Crippen LogP contribution in [0.2, 0.25) is 0 Å². The molecule has 0 aromatic carbocycles. The highest BCUT2D eigenvalue weighted by molar-refractivity contribution is 5.94. The summed E-state index contributed by atoms with van der Waals surface area (Å²) in [5.41, 5.74) is 0.542. The fourth-order valence-corrected chi connectivity index (χ4v) is 0.687. The number of carbonyl (C=O) groups is 1. The lowest BCUT2D eigenvalue weighted by atomic mass is 10.3. The lowest BCUT2D eigenvalue weighted by Gasteiger charge is -1.94. The van der Waals surface area contributed by atoms with E-state index in [2.05, 4.69) is 10.3 Å². The van der Waals surface area contributed by atoms with Crippen molar-refractivity contribution in [3.05, 3.63) is 24.0 Å². The summed E-state index contributed by atoms with van der Waals surface area (Å²) < 4.78 is 0.